The predicted molar refractivity (Wildman–Crippen MR) is 134 cm³/mol. The minimum atomic E-state index is -0.139. The van der Waals surface area contributed by atoms with Gasteiger partial charge < -0.3 is 14.7 Å². The number of benzene rings is 2. The topological polar surface area (TPSA) is 30.0 Å². The van der Waals surface area contributed by atoms with Crippen molar-refractivity contribution in [3.63, 3.8) is 0 Å². The van der Waals surface area contributed by atoms with E-state index in [0.717, 1.165) is 51.4 Å². The Labute approximate surface area is 193 Å². The van der Waals surface area contributed by atoms with Gasteiger partial charge in [0, 0.05) is 50.6 Å². The Morgan fingerprint density at radius 2 is 1.50 bits per heavy atom. The number of para-hydroxylation sites is 1. The maximum absolute atomic E-state index is 13.6. The molecule has 1 unspecified atom stereocenters. The van der Waals surface area contributed by atoms with E-state index < -0.39 is 0 Å². The van der Waals surface area contributed by atoms with Crippen molar-refractivity contribution in [3.8, 4) is 0 Å². The van der Waals surface area contributed by atoms with Crippen molar-refractivity contribution in [2.45, 2.75) is 38.6 Å². The Bertz CT molecular complexity index is 925. The zero-order valence-electron chi connectivity index (χ0n) is 20.3. The summed E-state index contributed by atoms with van der Waals surface area (Å²) < 4.78 is 0. The van der Waals surface area contributed by atoms with Gasteiger partial charge in [0.25, 0.3) is 0 Å². The molecule has 0 aliphatic carbocycles. The Morgan fingerprint density at radius 3 is 2.16 bits per heavy atom. The summed E-state index contributed by atoms with van der Waals surface area (Å²) in [5, 5.41) is 0. The van der Waals surface area contributed by atoms with Gasteiger partial charge >= 0.3 is 0 Å². The number of hydrogen-bond acceptors (Lipinski definition) is 4. The maximum atomic E-state index is 13.6. The van der Waals surface area contributed by atoms with Gasteiger partial charge in [0.15, 0.2) is 0 Å². The molecule has 0 spiro atoms. The van der Waals surface area contributed by atoms with Crippen LogP contribution in [0.3, 0.4) is 0 Å². The van der Waals surface area contributed by atoms with Crippen LogP contribution in [0.25, 0.3) is 0 Å². The first-order valence-electron chi connectivity index (χ1n) is 11.9. The highest BCUT2D eigenvalue weighted by Gasteiger charge is 2.34. The van der Waals surface area contributed by atoms with Crippen LogP contribution in [0.4, 0.5) is 11.4 Å². The number of anilines is 2. The van der Waals surface area contributed by atoms with Crippen LogP contribution in [0, 0.1) is 0 Å². The van der Waals surface area contributed by atoms with E-state index in [0.29, 0.717) is 0 Å². The second-order valence-corrected chi connectivity index (χ2v) is 10.4. The normalized spacial score (nSPS) is 21.3. The SMILES string of the molecule is CN1CCN(c2ccccc2CC2C(=O)N(c3ccc(C(C)(C)C)cc3)CCN2C)CC1. The molecule has 4 rings (SSSR count). The van der Waals surface area contributed by atoms with Crippen LogP contribution >= 0.6 is 0 Å². The van der Waals surface area contributed by atoms with Crippen LogP contribution in [0.1, 0.15) is 31.9 Å². The molecule has 0 N–H and O–H groups in total. The quantitative estimate of drug-likeness (QED) is 0.735. The van der Waals surface area contributed by atoms with Crippen molar-refractivity contribution in [2.75, 3.05) is 63.2 Å². The molecule has 2 aliphatic heterocycles. The number of likely N-dealkylation sites (N-methyl/N-ethyl adjacent to an activating group) is 2. The van der Waals surface area contributed by atoms with Gasteiger partial charge in [-0.15, -0.1) is 0 Å². The summed E-state index contributed by atoms with van der Waals surface area (Å²) in [7, 11) is 4.27. The van der Waals surface area contributed by atoms with Crippen LogP contribution in [-0.4, -0.2) is 75.1 Å². The lowest BCUT2D eigenvalue weighted by Gasteiger charge is -2.40. The van der Waals surface area contributed by atoms with Crippen molar-refractivity contribution < 1.29 is 4.79 Å². The third kappa shape index (κ3) is 4.84. The first-order valence-corrected chi connectivity index (χ1v) is 11.9. The van der Waals surface area contributed by atoms with Crippen LogP contribution < -0.4 is 9.80 Å². The van der Waals surface area contributed by atoms with Gasteiger partial charge in [-0.25, -0.2) is 0 Å². The van der Waals surface area contributed by atoms with Crippen molar-refractivity contribution in [2.24, 2.45) is 0 Å². The second-order valence-electron chi connectivity index (χ2n) is 10.4. The molecule has 0 radical (unpaired) electrons. The molecular weight excluding hydrogens is 396 g/mol. The van der Waals surface area contributed by atoms with Gasteiger partial charge in [-0.1, -0.05) is 51.1 Å². The van der Waals surface area contributed by atoms with E-state index in [9.17, 15) is 4.79 Å². The van der Waals surface area contributed by atoms with Crippen LogP contribution in [0.5, 0.6) is 0 Å². The van der Waals surface area contributed by atoms with Crippen molar-refractivity contribution >= 4 is 17.3 Å². The molecule has 5 nitrogen and oxygen atoms in total. The molecule has 2 fully saturated rings. The van der Waals surface area contributed by atoms with Gasteiger partial charge in [-0.05, 0) is 55.3 Å². The van der Waals surface area contributed by atoms with Crippen molar-refractivity contribution in [1.29, 1.82) is 0 Å². The lowest BCUT2D eigenvalue weighted by Crippen LogP contribution is -2.56. The fourth-order valence-electron chi connectivity index (χ4n) is 4.78. The van der Waals surface area contributed by atoms with E-state index in [1.54, 1.807) is 0 Å². The summed E-state index contributed by atoms with van der Waals surface area (Å²) in [6, 6.07) is 17.1. The number of rotatable bonds is 4. The molecule has 2 aliphatic rings. The number of carbonyl (C=O) groups excluding carboxylic acids is 1. The van der Waals surface area contributed by atoms with Crippen molar-refractivity contribution in [3.05, 3.63) is 59.7 Å². The second kappa shape index (κ2) is 9.24. The van der Waals surface area contributed by atoms with Gasteiger partial charge in [0.2, 0.25) is 5.91 Å². The number of piperazine rings is 2. The van der Waals surface area contributed by atoms with E-state index in [1.165, 1.54) is 16.8 Å². The molecule has 1 amide bonds. The average molecular weight is 435 g/mol. The summed E-state index contributed by atoms with van der Waals surface area (Å²) in [6.07, 6.45) is 0.744. The van der Waals surface area contributed by atoms with Gasteiger partial charge in [0.1, 0.15) is 0 Å². The summed E-state index contributed by atoms with van der Waals surface area (Å²) in [4.78, 5) is 22.7. The summed E-state index contributed by atoms with van der Waals surface area (Å²) in [5.41, 5.74) is 4.97. The van der Waals surface area contributed by atoms with Gasteiger partial charge in [-0.2, -0.15) is 0 Å². The molecule has 0 saturated carbocycles. The zero-order valence-corrected chi connectivity index (χ0v) is 20.3. The first-order chi connectivity index (χ1) is 15.2. The highest BCUT2D eigenvalue weighted by molar-refractivity contribution is 5.98. The predicted octanol–water partition coefficient (Wildman–Crippen LogP) is 3.63. The molecular formula is C27H38N4O. The number of carbonyl (C=O) groups is 1. The molecule has 2 aromatic carbocycles. The lowest BCUT2D eigenvalue weighted by atomic mass is 9.87. The monoisotopic (exact) mass is 434 g/mol. The zero-order chi connectivity index (χ0) is 22.9. The molecule has 1 atom stereocenters. The smallest absolute Gasteiger partial charge is 0.244 e. The van der Waals surface area contributed by atoms with Crippen LogP contribution in [0.15, 0.2) is 48.5 Å². The molecule has 0 aromatic heterocycles. The molecule has 0 bridgehead atoms. The molecule has 2 aromatic rings. The third-order valence-electron chi connectivity index (χ3n) is 7.05. The van der Waals surface area contributed by atoms with Crippen LogP contribution in [-0.2, 0) is 16.6 Å². The summed E-state index contributed by atoms with van der Waals surface area (Å²) in [6.45, 7) is 12.5. The fraction of sp³-hybridized carbons (Fsp3) is 0.519. The molecule has 5 heteroatoms. The Hall–Kier alpha value is -2.37. The lowest BCUT2D eigenvalue weighted by molar-refractivity contribution is -0.125. The Kier molecular flexibility index (Phi) is 6.59. The molecule has 2 saturated heterocycles. The summed E-state index contributed by atoms with van der Waals surface area (Å²) >= 11 is 0. The number of nitrogens with zero attached hydrogens (tertiary/aromatic N) is 4. The Morgan fingerprint density at radius 1 is 0.844 bits per heavy atom. The van der Waals surface area contributed by atoms with E-state index >= 15 is 0 Å². The van der Waals surface area contributed by atoms with Crippen molar-refractivity contribution in [1.82, 2.24) is 9.80 Å². The molecule has 2 heterocycles. The van der Waals surface area contributed by atoms with E-state index in [4.69, 9.17) is 0 Å². The van der Waals surface area contributed by atoms with Gasteiger partial charge in [0.05, 0.1) is 6.04 Å². The van der Waals surface area contributed by atoms with E-state index in [2.05, 4.69) is 98.1 Å². The maximum Gasteiger partial charge on any atom is 0.244 e. The largest absolute Gasteiger partial charge is 0.369 e. The fourth-order valence-corrected chi connectivity index (χ4v) is 4.78. The van der Waals surface area contributed by atoms with Crippen LogP contribution in [0.2, 0.25) is 0 Å². The molecule has 172 valence electrons. The average Bonchev–Trinajstić information content (AvgIpc) is 2.77. The summed E-state index contributed by atoms with van der Waals surface area (Å²) in [5.74, 6) is 0.204. The standard InChI is InChI=1S/C27H38N4O/c1-27(2,3)22-10-12-23(13-11-22)31-19-16-29(5)25(26(31)32)20-21-8-6-7-9-24(21)30-17-14-28(4)15-18-30/h6-13,25H,14-20H2,1-5H3. The minimum Gasteiger partial charge on any atom is -0.369 e. The van der Waals surface area contributed by atoms with Gasteiger partial charge in [-0.3, -0.25) is 9.69 Å². The van der Waals surface area contributed by atoms with E-state index in [1.807, 2.05) is 4.90 Å². The third-order valence-corrected chi connectivity index (χ3v) is 7.05. The number of amides is 1. The van der Waals surface area contributed by atoms with E-state index in [-0.39, 0.29) is 17.4 Å². The molecule has 32 heavy (non-hydrogen) atoms. The first kappa shape index (κ1) is 22.8. The highest BCUT2D eigenvalue weighted by atomic mass is 16.2. The minimum absolute atomic E-state index is 0.111. The Balaban J connectivity index is 1.53. The number of hydrogen-bond donors (Lipinski definition) is 0. The highest BCUT2D eigenvalue weighted by Crippen LogP contribution is 2.29.